The number of carbonyl (C=O) groups is 1. The molecule has 0 bridgehead atoms. The number of rotatable bonds is 6. The van der Waals surface area contributed by atoms with Crippen molar-refractivity contribution in [2.24, 2.45) is 0 Å². The van der Waals surface area contributed by atoms with Gasteiger partial charge in [-0.3, -0.25) is 9.48 Å². The molecule has 0 atom stereocenters. The number of nitrogens with zero attached hydrogens (tertiary/aromatic N) is 3. The summed E-state index contributed by atoms with van der Waals surface area (Å²) >= 11 is 0. The van der Waals surface area contributed by atoms with Crippen LogP contribution in [0.3, 0.4) is 0 Å². The maximum Gasteiger partial charge on any atom is 0.257 e. The van der Waals surface area contributed by atoms with Gasteiger partial charge in [0.15, 0.2) is 0 Å². The maximum atomic E-state index is 12.6. The molecule has 5 nitrogen and oxygen atoms in total. The van der Waals surface area contributed by atoms with Gasteiger partial charge in [-0.05, 0) is 32.0 Å². The topological polar surface area (TPSA) is 47.4 Å². The predicted octanol–water partition coefficient (Wildman–Crippen LogP) is 2.57. The van der Waals surface area contributed by atoms with E-state index in [-0.39, 0.29) is 5.91 Å². The number of hydrogen-bond donors (Lipinski definition) is 0. The van der Waals surface area contributed by atoms with E-state index in [0.717, 1.165) is 12.2 Å². The second kappa shape index (κ2) is 6.92. The van der Waals surface area contributed by atoms with Gasteiger partial charge in [0.2, 0.25) is 0 Å². The van der Waals surface area contributed by atoms with Gasteiger partial charge in [-0.15, -0.1) is 0 Å². The molecule has 1 aromatic carbocycles. The zero-order valence-corrected chi connectivity index (χ0v) is 12.7. The van der Waals surface area contributed by atoms with Crippen molar-refractivity contribution in [3.8, 4) is 5.75 Å². The van der Waals surface area contributed by atoms with Crippen molar-refractivity contribution in [2.45, 2.75) is 26.9 Å². The molecule has 0 saturated carbocycles. The summed E-state index contributed by atoms with van der Waals surface area (Å²) in [6.07, 6.45) is 1.76. The molecule has 1 amide bonds. The van der Waals surface area contributed by atoms with Crippen molar-refractivity contribution in [1.29, 1.82) is 0 Å². The number of ether oxygens (including phenoxy) is 1. The Bertz CT molecular complexity index is 607. The van der Waals surface area contributed by atoms with Gasteiger partial charge in [-0.1, -0.05) is 12.1 Å². The molecule has 2 aromatic rings. The van der Waals surface area contributed by atoms with E-state index < -0.39 is 0 Å². The van der Waals surface area contributed by atoms with Gasteiger partial charge < -0.3 is 9.64 Å². The Morgan fingerprint density at radius 1 is 1.29 bits per heavy atom. The molecular formula is C16H21N3O2. The molecule has 1 aromatic heterocycles. The molecule has 0 N–H and O–H groups in total. The maximum absolute atomic E-state index is 12.6. The van der Waals surface area contributed by atoms with Crippen LogP contribution in [0, 0.1) is 0 Å². The molecule has 21 heavy (non-hydrogen) atoms. The van der Waals surface area contributed by atoms with Crippen LogP contribution in [0.5, 0.6) is 5.75 Å². The first kappa shape index (κ1) is 15.1. The smallest absolute Gasteiger partial charge is 0.257 e. The van der Waals surface area contributed by atoms with E-state index in [1.54, 1.807) is 24.2 Å². The molecule has 0 saturated heterocycles. The summed E-state index contributed by atoms with van der Waals surface area (Å²) in [5.74, 6) is 0.573. The minimum Gasteiger partial charge on any atom is -0.493 e. The first-order valence-corrected chi connectivity index (χ1v) is 7.15. The van der Waals surface area contributed by atoms with E-state index in [9.17, 15) is 4.79 Å². The van der Waals surface area contributed by atoms with E-state index in [4.69, 9.17) is 4.74 Å². The average molecular weight is 287 g/mol. The predicted molar refractivity (Wildman–Crippen MR) is 81.3 cm³/mol. The van der Waals surface area contributed by atoms with Crippen molar-refractivity contribution in [3.05, 3.63) is 47.8 Å². The Labute approximate surface area is 125 Å². The van der Waals surface area contributed by atoms with Crippen molar-refractivity contribution >= 4 is 5.91 Å². The molecule has 0 radical (unpaired) electrons. The van der Waals surface area contributed by atoms with Crippen LogP contribution in [0.15, 0.2) is 36.5 Å². The summed E-state index contributed by atoms with van der Waals surface area (Å²) in [4.78, 5) is 14.3. The second-order valence-electron chi connectivity index (χ2n) is 4.73. The Morgan fingerprint density at radius 2 is 2.05 bits per heavy atom. The molecule has 0 aliphatic carbocycles. The molecule has 0 unspecified atom stereocenters. The first-order valence-electron chi connectivity index (χ1n) is 7.15. The summed E-state index contributed by atoms with van der Waals surface area (Å²) in [5.41, 5.74) is 1.60. The monoisotopic (exact) mass is 287 g/mol. The zero-order valence-electron chi connectivity index (χ0n) is 12.7. The number of amides is 1. The number of aryl methyl sites for hydroxylation is 1. The van der Waals surface area contributed by atoms with Gasteiger partial charge in [0.05, 0.1) is 24.4 Å². The van der Waals surface area contributed by atoms with Gasteiger partial charge in [0.25, 0.3) is 5.91 Å². The Morgan fingerprint density at radius 3 is 2.76 bits per heavy atom. The lowest BCUT2D eigenvalue weighted by atomic mass is 10.1. The summed E-state index contributed by atoms with van der Waals surface area (Å²) in [7, 11) is 1.79. The van der Waals surface area contributed by atoms with Crippen molar-refractivity contribution in [3.63, 3.8) is 0 Å². The van der Waals surface area contributed by atoms with Gasteiger partial charge in [0, 0.05) is 19.8 Å². The van der Waals surface area contributed by atoms with E-state index >= 15 is 0 Å². The van der Waals surface area contributed by atoms with Gasteiger partial charge >= 0.3 is 0 Å². The molecule has 5 heteroatoms. The molecule has 112 valence electrons. The third kappa shape index (κ3) is 3.42. The lowest BCUT2D eigenvalue weighted by Crippen LogP contribution is -2.28. The van der Waals surface area contributed by atoms with Crippen LogP contribution in [0.1, 0.15) is 29.9 Å². The number of carbonyl (C=O) groups excluding carboxylic acids is 1. The number of benzene rings is 1. The number of hydrogen-bond acceptors (Lipinski definition) is 3. The Kier molecular flexibility index (Phi) is 4.98. The molecule has 0 spiro atoms. The highest BCUT2D eigenvalue weighted by Crippen LogP contribution is 2.20. The lowest BCUT2D eigenvalue weighted by molar-refractivity contribution is 0.0777. The Hall–Kier alpha value is -2.30. The molecule has 0 aliphatic rings. The van der Waals surface area contributed by atoms with Crippen LogP contribution < -0.4 is 4.74 Å². The summed E-state index contributed by atoms with van der Waals surface area (Å²) < 4.78 is 7.41. The highest BCUT2D eigenvalue weighted by molar-refractivity contribution is 5.96. The normalized spacial score (nSPS) is 10.4. The van der Waals surface area contributed by atoms with E-state index in [0.29, 0.717) is 24.5 Å². The van der Waals surface area contributed by atoms with Gasteiger partial charge in [-0.25, -0.2) is 0 Å². The molecule has 2 rings (SSSR count). The standard InChI is InChI=1S/C16H21N3O2/c1-4-19-13(10-11-17-19)12-18(3)16(20)14-8-6-7-9-15(14)21-5-2/h6-11H,4-5,12H2,1-3H3. The quantitative estimate of drug-likeness (QED) is 0.820. The molecule has 1 heterocycles. The summed E-state index contributed by atoms with van der Waals surface area (Å²) in [5, 5.41) is 4.22. The average Bonchev–Trinajstić information content (AvgIpc) is 2.94. The van der Waals surface area contributed by atoms with Gasteiger partial charge in [0.1, 0.15) is 5.75 Å². The van der Waals surface area contributed by atoms with Crippen molar-refractivity contribution in [2.75, 3.05) is 13.7 Å². The fourth-order valence-electron chi connectivity index (χ4n) is 2.22. The Balaban J connectivity index is 2.16. The lowest BCUT2D eigenvalue weighted by Gasteiger charge is -2.19. The highest BCUT2D eigenvalue weighted by Gasteiger charge is 2.17. The van der Waals surface area contributed by atoms with Crippen molar-refractivity contribution < 1.29 is 9.53 Å². The summed E-state index contributed by atoms with van der Waals surface area (Å²) in [6.45, 7) is 5.79. The van der Waals surface area contributed by atoms with E-state index in [1.165, 1.54) is 0 Å². The third-order valence-corrected chi connectivity index (χ3v) is 3.27. The first-order chi connectivity index (χ1) is 10.2. The van der Waals surface area contributed by atoms with Crippen LogP contribution in [-0.4, -0.2) is 34.2 Å². The zero-order chi connectivity index (χ0) is 15.2. The van der Waals surface area contributed by atoms with Gasteiger partial charge in [-0.2, -0.15) is 5.10 Å². The highest BCUT2D eigenvalue weighted by atomic mass is 16.5. The molecular weight excluding hydrogens is 266 g/mol. The van der Waals surface area contributed by atoms with Crippen LogP contribution in [0.2, 0.25) is 0 Å². The van der Waals surface area contributed by atoms with Crippen LogP contribution >= 0.6 is 0 Å². The summed E-state index contributed by atoms with van der Waals surface area (Å²) in [6, 6.07) is 9.26. The number of aromatic nitrogens is 2. The van der Waals surface area contributed by atoms with E-state index in [2.05, 4.69) is 5.10 Å². The van der Waals surface area contributed by atoms with Crippen LogP contribution in [0.4, 0.5) is 0 Å². The minimum atomic E-state index is -0.0529. The van der Waals surface area contributed by atoms with Crippen molar-refractivity contribution in [1.82, 2.24) is 14.7 Å². The van der Waals surface area contributed by atoms with Crippen LogP contribution in [0.25, 0.3) is 0 Å². The van der Waals surface area contributed by atoms with E-state index in [1.807, 2.05) is 42.8 Å². The van der Waals surface area contributed by atoms with Crippen LogP contribution in [-0.2, 0) is 13.1 Å². The second-order valence-corrected chi connectivity index (χ2v) is 4.73. The SMILES string of the molecule is CCOc1ccccc1C(=O)N(C)Cc1ccnn1CC. The number of para-hydroxylation sites is 1. The third-order valence-electron chi connectivity index (χ3n) is 3.27. The molecule has 0 aliphatic heterocycles. The fourth-order valence-corrected chi connectivity index (χ4v) is 2.22. The minimum absolute atomic E-state index is 0.0529. The fraction of sp³-hybridized carbons (Fsp3) is 0.375. The molecule has 0 fully saturated rings. The largest absolute Gasteiger partial charge is 0.493 e.